The van der Waals surface area contributed by atoms with Crippen LogP contribution < -0.4 is 10.5 Å². The van der Waals surface area contributed by atoms with E-state index in [4.69, 9.17) is 15.6 Å². The molecule has 0 fully saturated rings. The summed E-state index contributed by atoms with van der Waals surface area (Å²) in [5.74, 6) is -0.179. The van der Waals surface area contributed by atoms with Gasteiger partial charge in [0, 0.05) is 0 Å². The second-order valence-corrected chi connectivity index (χ2v) is 2.57. The molecule has 0 saturated heterocycles. The summed E-state index contributed by atoms with van der Waals surface area (Å²) in [5.41, 5.74) is 5.02. The highest BCUT2D eigenvalue weighted by atomic mass is 19.3. The Bertz CT molecular complexity index is 331. The minimum Gasteiger partial charge on any atom is -0.495 e. The molecular formula is C8H10F2N2O2. The lowest BCUT2D eigenvalue weighted by molar-refractivity contribution is 0.151. The number of rotatable bonds is 3. The van der Waals surface area contributed by atoms with E-state index in [0.29, 0.717) is 0 Å². The SMILES string of the molecule is COc1cc(C(F)F)c(N)nc1CO. The lowest BCUT2D eigenvalue weighted by atomic mass is 10.2. The number of anilines is 1. The molecule has 0 saturated carbocycles. The number of pyridine rings is 1. The monoisotopic (exact) mass is 204 g/mol. The van der Waals surface area contributed by atoms with Crippen LogP contribution in [0.2, 0.25) is 0 Å². The molecule has 1 aromatic rings. The highest BCUT2D eigenvalue weighted by Crippen LogP contribution is 2.29. The molecule has 0 atom stereocenters. The molecular weight excluding hydrogens is 194 g/mol. The lowest BCUT2D eigenvalue weighted by Crippen LogP contribution is -2.04. The molecule has 0 aliphatic carbocycles. The standard InChI is InChI=1S/C8H10F2N2O2/c1-14-6-2-4(7(9)10)8(11)12-5(6)3-13/h2,7,13H,3H2,1H3,(H2,11,12). The van der Waals surface area contributed by atoms with Gasteiger partial charge in [-0.05, 0) is 6.07 Å². The van der Waals surface area contributed by atoms with Crippen LogP contribution in [0.1, 0.15) is 17.7 Å². The molecule has 1 heterocycles. The second kappa shape index (κ2) is 4.19. The molecule has 4 nitrogen and oxygen atoms in total. The first-order valence-corrected chi connectivity index (χ1v) is 3.82. The Hall–Kier alpha value is -1.43. The van der Waals surface area contributed by atoms with Crippen LogP contribution in [0, 0.1) is 0 Å². The number of alkyl halides is 2. The van der Waals surface area contributed by atoms with E-state index >= 15 is 0 Å². The Balaban J connectivity index is 3.23. The first kappa shape index (κ1) is 10.6. The number of nitrogens with two attached hydrogens (primary N) is 1. The Morgan fingerprint density at radius 1 is 1.64 bits per heavy atom. The van der Waals surface area contributed by atoms with Crippen molar-refractivity contribution in [3.8, 4) is 5.75 Å². The van der Waals surface area contributed by atoms with Crippen molar-refractivity contribution in [2.24, 2.45) is 0 Å². The van der Waals surface area contributed by atoms with Crippen molar-refractivity contribution in [3.05, 3.63) is 17.3 Å². The molecule has 1 aromatic heterocycles. The van der Waals surface area contributed by atoms with Crippen molar-refractivity contribution in [1.29, 1.82) is 0 Å². The summed E-state index contributed by atoms with van der Waals surface area (Å²) in [7, 11) is 1.31. The fourth-order valence-corrected chi connectivity index (χ4v) is 1.03. The zero-order valence-corrected chi connectivity index (χ0v) is 7.50. The minimum absolute atomic E-state index is 0.108. The third-order valence-electron chi connectivity index (χ3n) is 1.73. The summed E-state index contributed by atoms with van der Waals surface area (Å²) in [5, 5.41) is 8.82. The summed E-state index contributed by atoms with van der Waals surface area (Å²) >= 11 is 0. The molecule has 0 spiro atoms. The summed E-state index contributed by atoms with van der Waals surface area (Å²) < 4.78 is 29.5. The highest BCUT2D eigenvalue weighted by molar-refractivity contribution is 5.47. The van der Waals surface area contributed by atoms with Crippen LogP contribution in [-0.4, -0.2) is 17.2 Å². The van der Waals surface area contributed by atoms with E-state index in [1.165, 1.54) is 7.11 Å². The number of hydrogen-bond donors (Lipinski definition) is 2. The molecule has 0 aromatic carbocycles. The van der Waals surface area contributed by atoms with Gasteiger partial charge in [0.25, 0.3) is 6.43 Å². The third-order valence-corrected chi connectivity index (χ3v) is 1.73. The van der Waals surface area contributed by atoms with Crippen molar-refractivity contribution in [2.75, 3.05) is 12.8 Å². The molecule has 1 rings (SSSR count). The minimum atomic E-state index is -2.70. The first-order valence-electron chi connectivity index (χ1n) is 3.82. The number of hydrogen-bond acceptors (Lipinski definition) is 4. The molecule has 78 valence electrons. The van der Waals surface area contributed by atoms with Crippen LogP contribution in [-0.2, 0) is 6.61 Å². The van der Waals surface area contributed by atoms with Gasteiger partial charge in [0.2, 0.25) is 0 Å². The summed E-state index contributed by atoms with van der Waals surface area (Å²) in [6.45, 7) is -0.406. The number of ether oxygens (including phenoxy) is 1. The zero-order chi connectivity index (χ0) is 10.7. The summed E-state index contributed by atoms with van der Waals surface area (Å²) in [6.07, 6.45) is -2.70. The molecule has 6 heteroatoms. The van der Waals surface area contributed by atoms with E-state index in [2.05, 4.69) is 4.98 Å². The van der Waals surface area contributed by atoms with E-state index in [1.807, 2.05) is 0 Å². The molecule has 3 N–H and O–H groups in total. The Labute approximate surface area is 79.3 Å². The van der Waals surface area contributed by atoms with Crippen molar-refractivity contribution in [2.45, 2.75) is 13.0 Å². The van der Waals surface area contributed by atoms with Gasteiger partial charge in [-0.15, -0.1) is 0 Å². The van der Waals surface area contributed by atoms with E-state index in [0.717, 1.165) is 6.07 Å². The molecule has 14 heavy (non-hydrogen) atoms. The van der Waals surface area contributed by atoms with Crippen LogP contribution in [0.5, 0.6) is 5.75 Å². The van der Waals surface area contributed by atoms with Gasteiger partial charge in [-0.25, -0.2) is 13.8 Å². The lowest BCUT2D eigenvalue weighted by Gasteiger charge is -2.10. The molecule has 0 aliphatic rings. The molecule has 0 radical (unpaired) electrons. The van der Waals surface area contributed by atoms with Gasteiger partial charge in [-0.3, -0.25) is 0 Å². The van der Waals surface area contributed by atoms with Crippen molar-refractivity contribution in [1.82, 2.24) is 4.98 Å². The normalized spacial score (nSPS) is 10.6. The zero-order valence-electron chi connectivity index (χ0n) is 7.50. The first-order chi connectivity index (χ1) is 6.60. The smallest absolute Gasteiger partial charge is 0.267 e. The fraction of sp³-hybridized carbons (Fsp3) is 0.375. The van der Waals surface area contributed by atoms with E-state index in [-0.39, 0.29) is 22.8 Å². The van der Waals surface area contributed by atoms with E-state index in [1.54, 1.807) is 0 Å². The summed E-state index contributed by atoms with van der Waals surface area (Å²) in [4.78, 5) is 3.61. The maximum Gasteiger partial charge on any atom is 0.267 e. The second-order valence-electron chi connectivity index (χ2n) is 2.57. The van der Waals surface area contributed by atoms with Gasteiger partial charge >= 0.3 is 0 Å². The number of halogens is 2. The van der Waals surface area contributed by atoms with Crippen molar-refractivity contribution in [3.63, 3.8) is 0 Å². The molecule has 0 unspecified atom stereocenters. The van der Waals surface area contributed by atoms with Crippen LogP contribution in [0.3, 0.4) is 0 Å². The fourth-order valence-electron chi connectivity index (χ4n) is 1.03. The van der Waals surface area contributed by atoms with Gasteiger partial charge in [0.15, 0.2) is 0 Å². The molecule has 0 aliphatic heterocycles. The number of aliphatic hydroxyl groups is 1. The van der Waals surface area contributed by atoms with Crippen LogP contribution >= 0.6 is 0 Å². The number of aromatic nitrogens is 1. The van der Waals surface area contributed by atoms with E-state index in [9.17, 15) is 8.78 Å². The number of methoxy groups -OCH3 is 1. The number of aliphatic hydroxyl groups excluding tert-OH is 1. The summed E-state index contributed by atoms with van der Waals surface area (Å²) in [6, 6.07) is 1.08. The Morgan fingerprint density at radius 3 is 2.71 bits per heavy atom. The quantitative estimate of drug-likeness (QED) is 0.773. The number of nitrogens with zero attached hydrogens (tertiary/aromatic N) is 1. The van der Waals surface area contributed by atoms with Crippen molar-refractivity contribution < 1.29 is 18.6 Å². The van der Waals surface area contributed by atoms with Gasteiger partial charge in [0.05, 0.1) is 19.3 Å². The van der Waals surface area contributed by atoms with E-state index < -0.39 is 13.0 Å². The van der Waals surface area contributed by atoms with Gasteiger partial charge < -0.3 is 15.6 Å². The Morgan fingerprint density at radius 2 is 2.29 bits per heavy atom. The number of nitrogen functional groups attached to an aromatic ring is 1. The topological polar surface area (TPSA) is 68.4 Å². The average molecular weight is 204 g/mol. The molecule has 0 amide bonds. The largest absolute Gasteiger partial charge is 0.495 e. The molecule has 0 bridgehead atoms. The third kappa shape index (κ3) is 1.90. The van der Waals surface area contributed by atoms with Crippen molar-refractivity contribution >= 4 is 5.82 Å². The maximum absolute atomic E-state index is 12.3. The maximum atomic E-state index is 12.3. The highest BCUT2D eigenvalue weighted by Gasteiger charge is 2.16. The average Bonchev–Trinajstić information content (AvgIpc) is 2.16. The predicted octanol–water partition coefficient (Wildman–Crippen LogP) is 1.10. The van der Waals surface area contributed by atoms with Gasteiger partial charge in [-0.1, -0.05) is 0 Å². The van der Waals surface area contributed by atoms with Gasteiger partial charge in [-0.2, -0.15) is 0 Å². The van der Waals surface area contributed by atoms with Crippen LogP contribution in [0.4, 0.5) is 14.6 Å². The predicted molar refractivity (Wildman–Crippen MR) is 46.1 cm³/mol. The van der Waals surface area contributed by atoms with Crippen LogP contribution in [0.15, 0.2) is 6.07 Å². The Kier molecular flexibility index (Phi) is 3.19. The van der Waals surface area contributed by atoms with Gasteiger partial charge in [0.1, 0.15) is 17.3 Å². The van der Waals surface area contributed by atoms with Crippen LogP contribution in [0.25, 0.3) is 0 Å².